The van der Waals surface area contributed by atoms with E-state index in [9.17, 15) is 0 Å². The van der Waals surface area contributed by atoms with E-state index in [2.05, 4.69) is 30.9 Å². The normalized spacial score (nSPS) is 9.21. The van der Waals surface area contributed by atoms with E-state index in [1.54, 1.807) is 12.5 Å². The molecule has 0 bridgehead atoms. The molecule has 68 valence electrons. The van der Waals surface area contributed by atoms with Crippen LogP contribution in [0.1, 0.15) is 16.7 Å². The van der Waals surface area contributed by atoms with Crippen molar-refractivity contribution in [3.63, 3.8) is 0 Å². The van der Waals surface area contributed by atoms with Gasteiger partial charge in [0.1, 0.15) is 6.26 Å². The van der Waals surface area contributed by atoms with Crippen LogP contribution >= 0.6 is 0 Å². The van der Waals surface area contributed by atoms with Crippen LogP contribution in [0.15, 0.2) is 47.3 Å². The Morgan fingerprint density at radius 1 is 0.929 bits per heavy atom. The second-order valence-electron chi connectivity index (χ2n) is 3.13. The highest BCUT2D eigenvalue weighted by molar-refractivity contribution is 5.41. The molecule has 2 aromatic rings. The van der Waals surface area contributed by atoms with Crippen LogP contribution in [-0.2, 0) is 0 Å². The highest BCUT2D eigenvalue weighted by atomic mass is 16.3. The Labute approximate surface area is 83.4 Å². The van der Waals surface area contributed by atoms with Crippen LogP contribution in [0.5, 0.6) is 0 Å². The van der Waals surface area contributed by atoms with Crippen LogP contribution in [0.25, 0.3) is 0 Å². The molecular formula is C13H10O. The van der Waals surface area contributed by atoms with Gasteiger partial charge in [-0.2, -0.15) is 0 Å². The Morgan fingerprint density at radius 3 is 2.29 bits per heavy atom. The van der Waals surface area contributed by atoms with Crippen molar-refractivity contribution in [1.29, 1.82) is 0 Å². The lowest BCUT2D eigenvalue weighted by Crippen LogP contribution is -1.75. The van der Waals surface area contributed by atoms with Crippen molar-refractivity contribution < 1.29 is 4.42 Å². The lowest BCUT2D eigenvalue weighted by Gasteiger charge is -1.90. The van der Waals surface area contributed by atoms with E-state index in [-0.39, 0.29) is 0 Å². The molecule has 0 saturated carbocycles. The first-order valence-corrected chi connectivity index (χ1v) is 4.45. The fraction of sp³-hybridized carbons (Fsp3) is 0.0769. The Balaban J connectivity index is 2.22. The Morgan fingerprint density at radius 2 is 1.64 bits per heavy atom. The van der Waals surface area contributed by atoms with Crippen LogP contribution in [0.4, 0.5) is 0 Å². The van der Waals surface area contributed by atoms with Crippen molar-refractivity contribution in [2.24, 2.45) is 0 Å². The summed E-state index contributed by atoms with van der Waals surface area (Å²) < 4.78 is 4.92. The highest BCUT2D eigenvalue weighted by Crippen LogP contribution is 2.02. The Kier molecular flexibility index (Phi) is 2.38. The van der Waals surface area contributed by atoms with Gasteiger partial charge in [-0.05, 0) is 25.1 Å². The monoisotopic (exact) mass is 182 g/mol. The maximum Gasteiger partial charge on any atom is 0.106 e. The Hall–Kier alpha value is -1.94. The van der Waals surface area contributed by atoms with Gasteiger partial charge in [0.05, 0.1) is 11.8 Å². The van der Waals surface area contributed by atoms with Crippen molar-refractivity contribution >= 4 is 0 Å². The maximum atomic E-state index is 4.92. The van der Waals surface area contributed by atoms with Gasteiger partial charge in [0.2, 0.25) is 0 Å². The molecule has 0 aliphatic heterocycles. The summed E-state index contributed by atoms with van der Waals surface area (Å²) in [5.74, 6) is 6.08. The van der Waals surface area contributed by atoms with E-state index in [1.807, 2.05) is 18.2 Å². The minimum atomic E-state index is 0.908. The first-order chi connectivity index (χ1) is 6.84. The molecule has 0 amide bonds. The lowest BCUT2D eigenvalue weighted by atomic mass is 10.1. The summed E-state index contributed by atoms with van der Waals surface area (Å²) in [6.07, 6.45) is 3.26. The molecule has 1 heteroatoms. The summed E-state index contributed by atoms with van der Waals surface area (Å²) in [5, 5.41) is 0. The molecular weight excluding hydrogens is 172 g/mol. The van der Waals surface area contributed by atoms with E-state index >= 15 is 0 Å². The van der Waals surface area contributed by atoms with Gasteiger partial charge in [-0.3, -0.25) is 0 Å². The number of rotatable bonds is 0. The topological polar surface area (TPSA) is 13.1 Å². The summed E-state index contributed by atoms with van der Waals surface area (Å²) in [6, 6.07) is 9.99. The van der Waals surface area contributed by atoms with Crippen molar-refractivity contribution in [3.8, 4) is 11.8 Å². The van der Waals surface area contributed by atoms with Gasteiger partial charge in [-0.1, -0.05) is 29.5 Å². The van der Waals surface area contributed by atoms with E-state index < -0.39 is 0 Å². The number of furan rings is 1. The van der Waals surface area contributed by atoms with Crippen LogP contribution in [-0.4, -0.2) is 0 Å². The number of aryl methyl sites for hydroxylation is 1. The number of hydrogen-bond acceptors (Lipinski definition) is 1. The zero-order valence-corrected chi connectivity index (χ0v) is 7.95. The van der Waals surface area contributed by atoms with E-state index in [0.29, 0.717) is 0 Å². The molecule has 0 aliphatic rings. The molecule has 0 atom stereocenters. The molecule has 2 rings (SSSR count). The zero-order chi connectivity index (χ0) is 9.80. The van der Waals surface area contributed by atoms with Gasteiger partial charge in [0.15, 0.2) is 0 Å². The van der Waals surface area contributed by atoms with Crippen molar-refractivity contribution in [3.05, 3.63) is 59.5 Å². The molecule has 1 nitrogen and oxygen atoms in total. The summed E-state index contributed by atoms with van der Waals surface area (Å²) in [5.41, 5.74) is 3.18. The van der Waals surface area contributed by atoms with Crippen molar-refractivity contribution in [1.82, 2.24) is 0 Å². The predicted octanol–water partition coefficient (Wildman–Crippen LogP) is 2.99. The van der Waals surface area contributed by atoms with Gasteiger partial charge in [-0.15, -0.1) is 0 Å². The molecule has 0 radical (unpaired) electrons. The molecule has 14 heavy (non-hydrogen) atoms. The van der Waals surface area contributed by atoms with E-state index in [0.717, 1.165) is 11.1 Å². The quantitative estimate of drug-likeness (QED) is 0.571. The average molecular weight is 182 g/mol. The van der Waals surface area contributed by atoms with E-state index in [4.69, 9.17) is 4.42 Å². The highest BCUT2D eigenvalue weighted by Gasteiger charge is 1.87. The number of benzene rings is 1. The largest absolute Gasteiger partial charge is 0.471 e. The molecule has 0 N–H and O–H groups in total. The summed E-state index contributed by atoms with van der Waals surface area (Å²) in [7, 11) is 0. The molecule has 0 aliphatic carbocycles. The van der Waals surface area contributed by atoms with Gasteiger partial charge < -0.3 is 4.42 Å². The van der Waals surface area contributed by atoms with Gasteiger partial charge in [0, 0.05) is 5.56 Å². The second kappa shape index (κ2) is 3.85. The van der Waals surface area contributed by atoms with Crippen LogP contribution in [0, 0.1) is 18.8 Å². The third-order valence-corrected chi connectivity index (χ3v) is 1.92. The van der Waals surface area contributed by atoms with Crippen molar-refractivity contribution in [2.45, 2.75) is 6.92 Å². The summed E-state index contributed by atoms with van der Waals surface area (Å²) >= 11 is 0. The third kappa shape index (κ3) is 2.05. The van der Waals surface area contributed by atoms with Crippen LogP contribution in [0.2, 0.25) is 0 Å². The van der Waals surface area contributed by atoms with Crippen LogP contribution in [0.3, 0.4) is 0 Å². The third-order valence-electron chi connectivity index (χ3n) is 1.92. The SMILES string of the molecule is Cc1ccc(C#Cc2ccoc2)cc1. The molecule has 0 unspecified atom stereocenters. The fourth-order valence-electron chi connectivity index (χ4n) is 1.12. The summed E-state index contributed by atoms with van der Waals surface area (Å²) in [4.78, 5) is 0. The Bertz CT molecular complexity index is 452. The molecule has 1 heterocycles. The smallest absolute Gasteiger partial charge is 0.106 e. The summed E-state index contributed by atoms with van der Waals surface area (Å²) in [6.45, 7) is 2.06. The minimum absolute atomic E-state index is 0.908. The standard InChI is InChI=1S/C13H10O/c1-11-2-4-12(5-3-11)6-7-13-8-9-14-10-13/h2-5,8-10H,1H3. The fourth-order valence-corrected chi connectivity index (χ4v) is 1.12. The molecule has 0 spiro atoms. The van der Waals surface area contributed by atoms with Crippen LogP contribution < -0.4 is 0 Å². The first kappa shape index (κ1) is 8.65. The second-order valence-corrected chi connectivity index (χ2v) is 3.13. The van der Waals surface area contributed by atoms with Crippen molar-refractivity contribution in [2.75, 3.05) is 0 Å². The van der Waals surface area contributed by atoms with E-state index in [1.165, 1.54) is 5.56 Å². The zero-order valence-electron chi connectivity index (χ0n) is 7.95. The van der Waals surface area contributed by atoms with Gasteiger partial charge in [-0.25, -0.2) is 0 Å². The predicted molar refractivity (Wildman–Crippen MR) is 55.9 cm³/mol. The average Bonchev–Trinajstić information content (AvgIpc) is 2.70. The molecule has 0 saturated heterocycles. The van der Waals surface area contributed by atoms with Gasteiger partial charge >= 0.3 is 0 Å². The van der Waals surface area contributed by atoms with Gasteiger partial charge in [0.25, 0.3) is 0 Å². The first-order valence-electron chi connectivity index (χ1n) is 4.45. The minimum Gasteiger partial charge on any atom is -0.471 e. The lowest BCUT2D eigenvalue weighted by molar-refractivity contribution is 0.566. The number of hydrogen-bond donors (Lipinski definition) is 0. The molecule has 1 aromatic carbocycles. The molecule has 1 aromatic heterocycles. The molecule has 0 fully saturated rings. The maximum absolute atomic E-state index is 4.92.